The Morgan fingerprint density at radius 1 is 1.21 bits per heavy atom. The van der Waals surface area contributed by atoms with Gasteiger partial charge in [0.15, 0.2) is 0 Å². The molecule has 1 aliphatic rings. The van der Waals surface area contributed by atoms with Gasteiger partial charge in [-0.2, -0.15) is 0 Å². The van der Waals surface area contributed by atoms with Crippen molar-refractivity contribution in [2.24, 2.45) is 11.3 Å². The molecule has 0 spiro atoms. The van der Waals surface area contributed by atoms with Crippen LogP contribution in [0.5, 0.6) is 0 Å². The van der Waals surface area contributed by atoms with Crippen LogP contribution < -0.4 is 5.32 Å². The van der Waals surface area contributed by atoms with E-state index in [2.05, 4.69) is 33.0 Å². The zero-order chi connectivity index (χ0) is 10.6. The van der Waals surface area contributed by atoms with Crippen LogP contribution in [0.25, 0.3) is 0 Å². The highest BCUT2D eigenvalue weighted by Gasteiger charge is 2.47. The van der Waals surface area contributed by atoms with Crippen LogP contribution in [0, 0.1) is 11.3 Å². The molecule has 0 aromatic rings. The predicted molar refractivity (Wildman–Crippen MR) is 63.5 cm³/mol. The molecule has 1 N–H and O–H groups in total. The van der Waals surface area contributed by atoms with E-state index in [4.69, 9.17) is 0 Å². The summed E-state index contributed by atoms with van der Waals surface area (Å²) in [6.07, 6.45) is 7.09. The number of rotatable bonds is 7. The van der Waals surface area contributed by atoms with Gasteiger partial charge in [0.05, 0.1) is 0 Å². The van der Waals surface area contributed by atoms with E-state index < -0.39 is 0 Å². The van der Waals surface area contributed by atoms with Crippen molar-refractivity contribution in [3.63, 3.8) is 0 Å². The molecule has 1 nitrogen and oxygen atoms in total. The Balaban J connectivity index is 2.34. The molecule has 0 aromatic heterocycles. The molecule has 1 fully saturated rings. The van der Waals surface area contributed by atoms with Gasteiger partial charge in [0.1, 0.15) is 0 Å². The lowest BCUT2D eigenvalue weighted by molar-refractivity contribution is 0.280. The van der Waals surface area contributed by atoms with E-state index in [1.807, 2.05) is 0 Å². The lowest BCUT2D eigenvalue weighted by atomic mass is 9.85. The third-order valence-electron chi connectivity index (χ3n) is 3.86. The van der Waals surface area contributed by atoms with Gasteiger partial charge in [0.2, 0.25) is 0 Å². The Morgan fingerprint density at radius 2 is 1.86 bits per heavy atom. The highest BCUT2D eigenvalue weighted by Crippen LogP contribution is 2.53. The molecule has 0 saturated heterocycles. The van der Waals surface area contributed by atoms with Crippen LogP contribution in [-0.2, 0) is 0 Å². The molecule has 0 bridgehead atoms. The minimum atomic E-state index is 0.671. The number of hydrogen-bond acceptors (Lipinski definition) is 1. The van der Waals surface area contributed by atoms with Crippen LogP contribution in [0.2, 0.25) is 0 Å². The monoisotopic (exact) mass is 197 g/mol. The van der Waals surface area contributed by atoms with E-state index in [1.165, 1.54) is 32.1 Å². The number of nitrogens with one attached hydrogen (secondary N) is 1. The van der Waals surface area contributed by atoms with Crippen LogP contribution in [0.1, 0.15) is 59.8 Å². The molecule has 0 aromatic carbocycles. The quantitative estimate of drug-likeness (QED) is 0.657. The van der Waals surface area contributed by atoms with E-state index in [0.717, 1.165) is 18.5 Å². The van der Waals surface area contributed by atoms with Crippen molar-refractivity contribution in [2.45, 2.75) is 65.8 Å². The summed E-state index contributed by atoms with van der Waals surface area (Å²) in [5.74, 6) is 0.920. The molecule has 2 atom stereocenters. The minimum Gasteiger partial charge on any atom is -0.314 e. The highest BCUT2D eigenvalue weighted by atomic mass is 14.9. The maximum atomic E-state index is 3.60. The zero-order valence-electron chi connectivity index (χ0n) is 10.4. The Bertz CT molecular complexity index is 161. The van der Waals surface area contributed by atoms with Crippen molar-refractivity contribution < 1.29 is 0 Å². The fourth-order valence-electron chi connectivity index (χ4n) is 2.79. The van der Waals surface area contributed by atoms with Gasteiger partial charge < -0.3 is 5.32 Å². The first kappa shape index (κ1) is 12.0. The SMILES string of the molecule is CCCC(C)CC1(C(C)NCC)CC1. The van der Waals surface area contributed by atoms with Gasteiger partial charge in [-0.05, 0) is 44.1 Å². The first-order chi connectivity index (χ1) is 6.64. The smallest absolute Gasteiger partial charge is 0.00951 e. The molecule has 0 aliphatic heterocycles. The lowest BCUT2D eigenvalue weighted by Gasteiger charge is -2.27. The molecular weight excluding hydrogens is 170 g/mol. The van der Waals surface area contributed by atoms with Gasteiger partial charge >= 0.3 is 0 Å². The second kappa shape index (κ2) is 5.16. The summed E-state index contributed by atoms with van der Waals surface area (Å²) in [4.78, 5) is 0. The first-order valence-electron chi connectivity index (χ1n) is 6.38. The van der Waals surface area contributed by atoms with Gasteiger partial charge in [-0.15, -0.1) is 0 Å². The lowest BCUT2D eigenvalue weighted by Crippen LogP contribution is -2.35. The molecule has 1 heteroatoms. The Hall–Kier alpha value is -0.0400. The summed E-state index contributed by atoms with van der Waals surface area (Å²) >= 11 is 0. The second-order valence-electron chi connectivity index (χ2n) is 5.24. The maximum absolute atomic E-state index is 3.60. The van der Waals surface area contributed by atoms with E-state index in [0.29, 0.717) is 5.41 Å². The molecule has 1 rings (SSSR count). The van der Waals surface area contributed by atoms with E-state index >= 15 is 0 Å². The third-order valence-corrected chi connectivity index (χ3v) is 3.86. The van der Waals surface area contributed by atoms with E-state index in [1.54, 1.807) is 0 Å². The van der Waals surface area contributed by atoms with Gasteiger partial charge in [0, 0.05) is 6.04 Å². The highest BCUT2D eigenvalue weighted by molar-refractivity contribution is 5.00. The third kappa shape index (κ3) is 2.98. The van der Waals surface area contributed by atoms with Crippen molar-refractivity contribution >= 4 is 0 Å². The van der Waals surface area contributed by atoms with Crippen LogP contribution >= 0.6 is 0 Å². The molecule has 0 amide bonds. The molecular formula is C13H27N. The van der Waals surface area contributed by atoms with Crippen LogP contribution in [-0.4, -0.2) is 12.6 Å². The molecule has 0 radical (unpaired) electrons. The van der Waals surface area contributed by atoms with Crippen LogP contribution in [0.3, 0.4) is 0 Å². The molecule has 14 heavy (non-hydrogen) atoms. The average molecular weight is 197 g/mol. The van der Waals surface area contributed by atoms with Crippen molar-refractivity contribution in [1.82, 2.24) is 5.32 Å². The van der Waals surface area contributed by atoms with Crippen molar-refractivity contribution in [3.8, 4) is 0 Å². The van der Waals surface area contributed by atoms with Crippen LogP contribution in [0.4, 0.5) is 0 Å². The summed E-state index contributed by atoms with van der Waals surface area (Å²) in [5, 5.41) is 3.60. The van der Waals surface area contributed by atoms with Crippen LogP contribution in [0.15, 0.2) is 0 Å². The molecule has 1 saturated carbocycles. The Morgan fingerprint density at radius 3 is 2.29 bits per heavy atom. The molecule has 0 heterocycles. The molecule has 84 valence electrons. The predicted octanol–water partition coefficient (Wildman–Crippen LogP) is 3.59. The van der Waals surface area contributed by atoms with E-state index in [-0.39, 0.29) is 0 Å². The fourth-order valence-corrected chi connectivity index (χ4v) is 2.79. The minimum absolute atomic E-state index is 0.671. The topological polar surface area (TPSA) is 12.0 Å². The van der Waals surface area contributed by atoms with Crippen molar-refractivity contribution in [3.05, 3.63) is 0 Å². The summed E-state index contributed by atoms with van der Waals surface area (Å²) in [7, 11) is 0. The fraction of sp³-hybridized carbons (Fsp3) is 1.00. The summed E-state index contributed by atoms with van der Waals surface area (Å²) in [6, 6.07) is 0.729. The van der Waals surface area contributed by atoms with Crippen molar-refractivity contribution in [1.29, 1.82) is 0 Å². The van der Waals surface area contributed by atoms with Crippen molar-refractivity contribution in [2.75, 3.05) is 6.54 Å². The summed E-state index contributed by atoms with van der Waals surface area (Å²) in [5.41, 5.74) is 0.671. The Kier molecular flexibility index (Phi) is 4.43. The summed E-state index contributed by atoms with van der Waals surface area (Å²) in [6.45, 7) is 10.4. The average Bonchev–Trinajstić information content (AvgIpc) is 2.86. The van der Waals surface area contributed by atoms with Gasteiger partial charge in [-0.3, -0.25) is 0 Å². The second-order valence-corrected chi connectivity index (χ2v) is 5.24. The molecule has 1 aliphatic carbocycles. The normalized spacial score (nSPS) is 23.1. The first-order valence-corrected chi connectivity index (χ1v) is 6.38. The van der Waals surface area contributed by atoms with Gasteiger partial charge in [-0.25, -0.2) is 0 Å². The van der Waals surface area contributed by atoms with Gasteiger partial charge in [0.25, 0.3) is 0 Å². The maximum Gasteiger partial charge on any atom is 0.00951 e. The standard InChI is InChI=1S/C13H27N/c1-5-7-11(3)10-13(8-9-13)12(4)14-6-2/h11-12,14H,5-10H2,1-4H3. The van der Waals surface area contributed by atoms with Gasteiger partial charge in [-0.1, -0.05) is 33.6 Å². The Labute approximate surface area is 89.7 Å². The summed E-state index contributed by atoms with van der Waals surface area (Å²) < 4.78 is 0. The zero-order valence-corrected chi connectivity index (χ0v) is 10.4. The molecule has 2 unspecified atom stereocenters. The largest absolute Gasteiger partial charge is 0.314 e. The van der Waals surface area contributed by atoms with E-state index in [9.17, 15) is 0 Å². The number of hydrogen-bond donors (Lipinski definition) is 1.